The van der Waals surface area contributed by atoms with Crippen LogP contribution in [0.15, 0.2) is 66.9 Å². The van der Waals surface area contributed by atoms with Gasteiger partial charge in [-0.15, -0.1) is 5.10 Å². The summed E-state index contributed by atoms with van der Waals surface area (Å²) in [5, 5.41) is 13.9. The molecule has 10 heteroatoms. The number of piperazine rings is 1. The normalized spacial score (nSPS) is 14.1. The van der Waals surface area contributed by atoms with Gasteiger partial charge >= 0.3 is 0 Å². The van der Waals surface area contributed by atoms with Crippen molar-refractivity contribution < 1.29 is 8.78 Å². The number of halogens is 2. The number of hydrogen-bond donors (Lipinski definition) is 0. The van der Waals surface area contributed by atoms with Gasteiger partial charge in [0.05, 0.1) is 24.0 Å². The fraction of sp³-hybridized carbons (Fsp3) is 0.200. The highest BCUT2D eigenvalue weighted by molar-refractivity contribution is 7.71. The minimum Gasteiger partial charge on any atom is -0.354 e. The number of rotatable bonds is 5. The van der Waals surface area contributed by atoms with E-state index in [2.05, 4.69) is 20.9 Å². The monoisotopic (exact) mass is 489 g/mol. The Labute approximate surface area is 206 Å². The van der Waals surface area contributed by atoms with Crippen LogP contribution in [-0.4, -0.2) is 50.4 Å². The van der Waals surface area contributed by atoms with Crippen LogP contribution in [0.4, 0.5) is 14.6 Å². The molecule has 0 amide bonds. The van der Waals surface area contributed by atoms with E-state index in [4.69, 9.17) is 22.6 Å². The summed E-state index contributed by atoms with van der Waals surface area (Å²) in [6, 6.07) is 17.7. The van der Waals surface area contributed by atoms with Crippen LogP contribution in [-0.2, 0) is 6.67 Å². The van der Waals surface area contributed by atoms with Gasteiger partial charge in [0, 0.05) is 37.9 Å². The van der Waals surface area contributed by atoms with Gasteiger partial charge in [-0.1, -0.05) is 0 Å². The van der Waals surface area contributed by atoms with Crippen molar-refractivity contribution in [2.24, 2.45) is 0 Å². The molecule has 2 aromatic carbocycles. The van der Waals surface area contributed by atoms with E-state index < -0.39 is 0 Å². The zero-order chi connectivity index (χ0) is 24.4. The van der Waals surface area contributed by atoms with E-state index in [0.717, 1.165) is 32.0 Å². The lowest BCUT2D eigenvalue weighted by Crippen LogP contribution is -2.47. The molecule has 7 nitrogen and oxygen atoms in total. The minimum absolute atomic E-state index is 0.340. The third kappa shape index (κ3) is 4.82. The van der Waals surface area contributed by atoms with Crippen molar-refractivity contribution in [3.63, 3.8) is 0 Å². The Morgan fingerprint density at radius 2 is 1.57 bits per heavy atom. The predicted molar refractivity (Wildman–Crippen MR) is 130 cm³/mol. The van der Waals surface area contributed by atoms with Crippen molar-refractivity contribution in [2.45, 2.75) is 6.67 Å². The standard InChI is InChI=1S/C25H21F2N7S/c26-20-3-1-19(2-4-20)24-30-33(25(35)34(24)22-7-5-21(27)6-8-22)17-31-11-13-32(14-12-31)23-15-18(16-28)9-10-29-23/h1-10,15H,11-14,17H2. The number of nitriles is 1. The second-order valence-electron chi connectivity index (χ2n) is 8.19. The summed E-state index contributed by atoms with van der Waals surface area (Å²) in [4.78, 5) is 8.78. The van der Waals surface area contributed by atoms with Gasteiger partial charge < -0.3 is 4.90 Å². The van der Waals surface area contributed by atoms with Crippen LogP contribution in [0.2, 0.25) is 0 Å². The number of aromatic nitrogens is 4. The lowest BCUT2D eigenvalue weighted by molar-refractivity contribution is 0.194. The first kappa shape index (κ1) is 22.8. The average Bonchev–Trinajstić information content (AvgIpc) is 3.21. The molecule has 5 rings (SSSR count). The first-order valence-corrected chi connectivity index (χ1v) is 11.5. The Morgan fingerprint density at radius 3 is 2.23 bits per heavy atom. The zero-order valence-corrected chi connectivity index (χ0v) is 19.5. The topological polar surface area (TPSA) is 65.9 Å². The summed E-state index contributed by atoms with van der Waals surface area (Å²) in [5.74, 6) is 0.661. The van der Waals surface area contributed by atoms with Gasteiger partial charge in [-0.2, -0.15) is 5.26 Å². The molecule has 0 unspecified atom stereocenters. The van der Waals surface area contributed by atoms with Gasteiger partial charge in [0.1, 0.15) is 17.5 Å². The van der Waals surface area contributed by atoms with Gasteiger partial charge in [-0.05, 0) is 72.9 Å². The Bertz CT molecular complexity index is 1430. The number of anilines is 1. The second kappa shape index (κ2) is 9.74. The molecule has 35 heavy (non-hydrogen) atoms. The van der Waals surface area contributed by atoms with Crippen molar-refractivity contribution in [3.05, 3.63) is 88.8 Å². The maximum atomic E-state index is 13.6. The highest BCUT2D eigenvalue weighted by Crippen LogP contribution is 2.24. The van der Waals surface area contributed by atoms with E-state index in [1.165, 1.54) is 24.3 Å². The molecule has 2 aromatic heterocycles. The summed E-state index contributed by atoms with van der Waals surface area (Å²) >= 11 is 5.77. The van der Waals surface area contributed by atoms with E-state index in [1.807, 2.05) is 0 Å². The van der Waals surface area contributed by atoms with Crippen molar-refractivity contribution in [3.8, 4) is 23.1 Å². The molecule has 0 atom stereocenters. The maximum Gasteiger partial charge on any atom is 0.204 e. The predicted octanol–water partition coefficient (Wildman–Crippen LogP) is 4.39. The maximum absolute atomic E-state index is 13.6. The third-order valence-electron chi connectivity index (χ3n) is 5.93. The van der Waals surface area contributed by atoms with Gasteiger partial charge in [-0.3, -0.25) is 9.47 Å². The average molecular weight is 490 g/mol. The fourth-order valence-corrected chi connectivity index (χ4v) is 4.37. The second-order valence-corrected chi connectivity index (χ2v) is 8.55. The molecule has 0 radical (unpaired) electrons. The number of nitrogens with zero attached hydrogens (tertiary/aromatic N) is 7. The molecule has 1 aliphatic heterocycles. The summed E-state index contributed by atoms with van der Waals surface area (Å²) in [5.41, 5.74) is 1.97. The molecule has 1 fully saturated rings. The van der Waals surface area contributed by atoms with E-state index >= 15 is 0 Å². The van der Waals surface area contributed by atoms with Crippen molar-refractivity contribution in [2.75, 3.05) is 31.1 Å². The molecular formula is C25H21F2N7S. The lowest BCUT2D eigenvalue weighted by Gasteiger charge is -2.35. The lowest BCUT2D eigenvalue weighted by atomic mass is 10.2. The number of hydrogen-bond acceptors (Lipinski definition) is 6. The zero-order valence-electron chi connectivity index (χ0n) is 18.7. The van der Waals surface area contributed by atoms with Crippen LogP contribution in [0.5, 0.6) is 0 Å². The highest BCUT2D eigenvalue weighted by atomic mass is 32.1. The van der Waals surface area contributed by atoms with E-state index in [1.54, 1.807) is 51.8 Å². The molecule has 4 aromatic rings. The van der Waals surface area contributed by atoms with Crippen molar-refractivity contribution in [1.82, 2.24) is 24.2 Å². The molecule has 0 spiro atoms. The molecule has 176 valence electrons. The Balaban J connectivity index is 1.40. The first-order valence-electron chi connectivity index (χ1n) is 11.1. The van der Waals surface area contributed by atoms with Gasteiger partial charge in [0.15, 0.2) is 5.82 Å². The Kier molecular flexibility index (Phi) is 6.35. The van der Waals surface area contributed by atoms with E-state index in [0.29, 0.717) is 34.1 Å². The minimum atomic E-state index is -0.344. The molecule has 3 heterocycles. The summed E-state index contributed by atoms with van der Waals surface area (Å²) < 4.78 is 31.1. The van der Waals surface area contributed by atoms with E-state index in [9.17, 15) is 8.78 Å². The molecule has 0 N–H and O–H groups in total. The van der Waals surface area contributed by atoms with Crippen LogP contribution in [0.25, 0.3) is 17.1 Å². The molecule has 0 aliphatic carbocycles. The number of benzene rings is 2. The van der Waals surface area contributed by atoms with Gasteiger partial charge in [0.25, 0.3) is 0 Å². The summed E-state index contributed by atoms with van der Waals surface area (Å²) in [6.07, 6.45) is 1.65. The fourth-order valence-electron chi connectivity index (χ4n) is 4.08. The number of pyridine rings is 1. The summed E-state index contributed by atoms with van der Waals surface area (Å²) in [7, 11) is 0. The molecule has 1 aliphatic rings. The Morgan fingerprint density at radius 1 is 0.914 bits per heavy atom. The van der Waals surface area contributed by atoms with Gasteiger partial charge in [0.2, 0.25) is 4.77 Å². The molecule has 1 saturated heterocycles. The van der Waals surface area contributed by atoms with Crippen LogP contribution >= 0.6 is 12.2 Å². The Hall–Kier alpha value is -3.94. The smallest absolute Gasteiger partial charge is 0.204 e. The molecular weight excluding hydrogens is 468 g/mol. The van der Waals surface area contributed by atoms with Crippen LogP contribution in [0, 0.1) is 27.7 Å². The van der Waals surface area contributed by atoms with Crippen LogP contribution in [0.1, 0.15) is 5.56 Å². The van der Waals surface area contributed by atoms with E-state index in [-0.39, 0.29) is 11.6 Å². The summed E-state index contributed by atoms with van der Waals surface area (Å²) in [6.45, 7) is 3.49. The molecule has 0 saturated carbocycles. The first-order chi connectivity index (χ1) is 17.0. The molecule has 0 bridgehead atoms. The SMILES string of the molecule is N#Cc1ccnc(N2CCN(Cn3nc(-c4ccc(F)cc4)n(-c4ccc(F)cc4)c3=S)CC2)c1. The van der Waals surface area contributed by atoms with Crippen molar-refractivity contribution in [1.29, 1.82) is 5.26 Å². The van der Waals surface area contributed by atoms with Crippen molar-refractivity contribution >= 4 is 18.0 Å². The van der Waals surface area contributed by atoms with Crippen LogP contribution in [0.3, 0.4) is 0 Å². The largest absolute Gasteiger partial charge is 0.354 e. The van der Waals surface area contributed by atoms with Crippen LogP contribution < -0.4 is 4.90 Å². The van der Waals surface area contributed by atoms with Gasteiger partial charge in [-0.25, -0.2) is 18.4 Å². The quantitative estimate of drug-likeness (QED) is 0.388. The highest BCUT2D eigenvalue weighted by Gasteiger charge is 2.21. The third-order valence-corrected chi connectivity index (χ3v) is 6.32.